The molecule has 19 heteroatoms. The molecule has 3 N–H and O–H groups in total. The van der Waals surface area contributed by atoms with Crippen LogP contribution in [0.25, 0.3) is 0 Å². The van der Waals surface area contributed by atoms with Gasteiger partial charge in [-0.25, -0.2) is 9.13 Å². The molecule has 0 aliphatic heterocycles. The van der Waals surface area contributed by atoms with Gasteiger partial charge in [0.25, 0.3) is 0 Å². The van der Waals surface area contributed by atoms with Crippen molar-refractivity contribution in [3.8, 4) is 0 Å². The molecule has 0 aliphatic rings. The van der Waals surface area contributed by atoms with Crippen molar-refractivity contribution in [2.45, 2.75) is 426 Å². The lowest BCUT2D eigenvalue weighted by Crippen LogP contribution is -2.30. The van der Waals surface area contributed by atoms with E-state index in [2.05, 4.69) is 41.5 Å². The van der Waals surface area contributed by atoms with Crippen LogP contribution in [0.2, 0.25) is 0 Å². The molecule has 0 fully saturated rings. The fraction of sp³-hybridized carbons (Fsp3) is 0.949. The molecular weight excluding hydrogens is 1270 g/mol. The van der Waals surface area contributed by atoms with E-state index in [9.17, 15) is 43.2 Å². The van der Waals surface area contributed by atoms with E-state index in [1.165, 1.54) is 218 Å². The lowest BCUT2D eigenvalue weighted by atomic mass is 9.99. The largest absolute Gasteiger partial charge is 0.472 e. The van der Waals surface area contributed by atoms with Gasteiger partial charge in [-0.2, -0.15) is 0 Å². The van der Waals surface area contributed by atoms with Crippen LogP contribution in [0, 0.1) is 11.8 Å². The van der Waals surface area contributed by atoms with Gasteiger partial charge in [0, 0.05) is 25.7 Å². The first-order chi connectivity index (χ1) is 46.9. The highest BCUT2D eigenvalue weighted by Crippen LogP contribution is 2.45. The lowest BCUT2D eigenvalue weighted by Gasteiger charge is -2.21. The molecule has 0 saturated heterocycles. The maximum atomic E-state index is 13.1. The molecule has 3 unspecified atom stereocenters. The van der Waals surface area contributed by atoms with Crippen LogP contribution < -0.4 is 0 Å². The number of aliphatic hydroxyl groups is 1. The van der Waals surface area contributed by atoms with Crippen molar-refractivity contribution in [1.29, 1.82) is 0 Å². The molecule has 0 spiro atoms. The van der Waals surface area contributed by atoms with E-state index >= 15 is 0 Å². The lowest BCUT2D eigenvalue weighted by molar-refractivity contribution is -0.161. The third-order valence-electron chi connectivity index (χ3n) is 18.6. The van der Waals surface area contributed by atoms with Crippen LogP contribution in [0.15, 0.2) is 0 Å². The summed E-state index contributed by atoms with van der Waals surface area (Å²) in [6.45, 7) is 9.61. The highest BCUT2D eigenvalue weighted by molar-refractivity contribution is 7.47. The fourth-order valence-electron chi connectivity index (χ4n) is 12.0. The van der Waals surface area contributed by atoms with E-state index in [1.807, 2.05) is 0 Å². The van der Waals surface area contributed by atoms with Gasteiger partial charge >= 0.3 is 39.5 Å². The Kier molecular flexibility index (Phi) is 68.4. The minimum atomic E-state index is -4.96. The molecule has 0 bridgehead atoms. The van der Waals surface area contributed by atoms with Gasteiger partial charge in [0.15, 0.2) is 12.2 Å². The number of aliphatic hydroxyl groups excluding tert-OH is 1. The fourth-order valence-corrected chi connectivity index (χ4v) is 13.6. The van der Waals surface area contributed by atoms with E-state index in [-0.39, 0.29) is 25.7 Å². The van der Waals surface area contributed by atoms with Gasteiger partial charge in [0.05, 0.1) is 26.4 Å². The Hall–Kier alpha value is -1.94. The maximum Gasteiger partial charge on any atom is 0.472 e. The molecule has 0 aromatic heterocycles. The Balaban J connectivity index is 5.11. The number of carbonyl (C=O) groups excluding carboxylic acids is 4. The minimum absolute atomic E-state index is 0.107. The van der Waals surface area contributed by atoms with Crippen molar-refractivity contribution < 1.29 is 80.2 Å². The number of hydrogen-bond donors (Lipinski definition) is 3. The maximum absolute atomic E-state index is 13.1. The molecule has 0 aliphatic carbocycles. The number of hydrogen-bond acceptors (Lipinski definition) is 15. The number of rotatable bonds is 77. The van der Waals surface area contributed by atoms with E-state index in [4.69, 9.17) is 37.0 Å². The quantitative estimate of drug-likeness (QED) is 0.0222. The molecule has 17 nitrogen and oxygen atoms in total. The van der Waals surface area contributed by atoms with Gasteiger partial charge in [-0.15, -0.1) is 0 Å². The molecule has 97 heavy (non-hydrogen) atoms. The van der Waals surface area contributed by atoms with Gasteiger partial charge in [-0.05, 0) is 37.5 Å². The molecular formula is C78H152O17P2. The van der Waals surface area contributed by atoms with Gasteiger partial charge in [-0.3, -0.25) is 37.3 Å². The Labute approximate surface area is 594 Å². The third-order valence-corrected chi connectivity index (χ3v) is 20.5. The topological polar surface area (TPSA) is 237 Å². The van der Waals surface area contributed by atoms with Crippen LogP contribution in [0.4, 0.5) is 0 Å². The molecule has 0 heterocycles. The van der Waals surface area contributed by atoms with Crippen molar-refractivity contribution in [3.05, 3.63) is 0 Å². The molecule has 0 saturated carbocycles. The Bertz CT molecular complexity index is 1870. The summed E-state index contributed by atoms with van der Waals surface area (Å²) in [5.74, 6) is -0.447. The summed E-state index contributed by atoms with van der Waals surface area (Å²) in [4.78, 5) is 72.6. The van der Waals surface area contributed by atoms with Crippen molar-refractivity contribution in [2.75, 3.05) is 39.6 Å². The standard InChI is InChI=1S/C78H152O17P2/c1-7-10-12-14-15-16-17-33-39-44-50-56-62-77(82)94-73(66-88-75(80)60-54-46-13-11-8-2)68-92-96(84,85)90-64-72(79)65-91-97(86,87)93-69-74(67-89-76(81)61-55-49-43-38-34-29-26-22-23-27-31-36-41-47-52-58-70(4)5)95-78(83)63-57-51-45-40-35-30-25-21-19-18-20-24-28-32-37-42-48-53-59-71(6)9-3/h70-74,79H,7-69H2,1-6H3,(H,84,85)(H,86,87)/t71?,72-,73+,74+/m0/s1. The predicted molar refractivity (Wildman–Crippen MR) is 395 cm³/mol. The van der Waals surface area contributed by atoms with Crippen LogP contribution in [0.5, 0.6) is 0 Å². The van der Waals surface area contributed by atoms with Gasteiger partial charge < -0.3 is 33.8 Å². The van der Waals surface area contributed by atoms with Crippen LogP contribution >= 0.6 is 15.6 Å². The summed E-state index contributed by atoms with van der Waals surface area (Å²) in [7, 11) is -9.90. The zero-order valence-electron chi connectivity index (χ0n) is 63.4. The Morgan fingerprint density at radius 1 is 0.299 bits per heavy atom. The summed E-state index contributed by atoms with van der Waals surface area (Å²) < 4.78 is 68.3. The summed E-state index contributed by atoms with van der Waals surface area (Å²) >= 11 is 0. The first-order valence-corrected chi connectivity index (χ1v) is 43.5. The molecule has 0 aromatic rings. The smallest absolute Gasteiger partial charge is 0.462 e. The number of phosphoric acid groups is 2. The van der Waals surface area contributed by atoms with Gasteiger partial charge in [0.1, 0.15) is 19.3 Å². The second kappa shape index (κ2) is 69.8. The Morgan fingerprint density at radius 2 is 0.526 bits per heavy atom. The minimum Gasteiger partial charge on any atom is -0.462 e. The van der Waals surface area contributed by atoms with Crippen LogP contribution in [0.1, 0.15) is 408 Å². The molecule has 0 amide bonds. The van der Waals surface area contributed by atoms with Crippen molar-refractivity contribution in [1.82, 2.24) is 0 Å². The van der Waals surface area contributed by atoms with Crippen molar-refractivity contribution in [2.24, 2.45) is 11.8 Å². The summed E-state index contributed by atoms with van der Waals surface area (Å²) in [5, 5.41) is 10.6. The monoisotopic (exact) mass is 1420 g/mol. The predicted octanol–water partition coefficient (Wildman–Crippen LogP) is 23.1. The number of phosphoric ester groups is 2. The van der Waals surface area contributed by atoms with E-state index < -0.39 is 97.5 Å². The second-order valence-electron chi connectivity index (χ2n) is 28.8. The zero-order chi connectivity index (χ0) is 71.4. The van der Waals surface area contributed by atoms with Gasteiger partial charge in [0.2, 0.25) is 0 Å². The number of ether oxygens (including phenoxy) is 4. The van der Waals surface area contributed by atoms with Crippen LogP contribution in [-0.2, 0) is 65.4 Å². The molecule has 0 radical (unpaired) electrons. The number of unbranched alkanes of at least 4 members (excludes halogenated alkanes) is 46. The molecule has 576 valence electrons. The van der Waals surface area contributed by atoms with Crippen LogP contribution in [-0.4, -0.2) is 96.7 Å². The number of carbonyl (C=O) groups is 4. The normalized spacial score (nSPS) is 14.2. The van der Waals surface area contributed by atoms with Crippen LogP contribution in [0.3, 0.4) is 0 Å². The average Bonchev–Trinajstić information content (AvgIpc) is 2.51. The third kappa shape index (κ3) is 70.9. The van der Waals surface area contributed by atoms with Gasteiger partial charge in [-0.1, -0.05) is 356 Å². The SMILES string of the molecule is CCCCCCCCCCCCCCC(=O)O[C@H](COC(=O)CCCCCCC)COP(=O)(O)OC[C@H](O)COP(=O)(O)OC[C@@H](COC(=O)CCCCCCCCCCCCCCCCCC(C)C)OC(=O)CCCCCCCCCCCCCCCCCCCCC(C)CC. The van der Waals surface area contributed by atoms with E-state index in [0.29, 0.717) is 25.7 Å². The average molecular weight is 1420 g/mol. The second-order valence-corrected chi connectivity index (χ2v) is 31.7. The highest BCUT2D eigenvalue weighted by atomic mass is 31.2. The summed E-state index contributed by atoms with van der Waals surface area (Å²) in [6, 6.07) is 0. The molecule has 0 rings (SSSR count). The van der Waals surface area contributed by atoms with E-state index in [0.717, 1.165) is 108 Å². The summed E-state index contributed by atoms with van der Waals surface area (Å²) in [6.07, 6.45) is 58.7. The molecule has 6 atom stereocenters. The Morgan fingerprint density at radius 3 is 0.784 bits per heavy atom. The van der Waals surface area contributed by atoms with Crippen molar-refractivity contribution >= 4 is 39.5 Å². The zero-order valence-corrected chi connectivity index (χ0v) is 65.2. The molecule has 0 aromatic carbocycles. The van der Waals surface area contributed by atoms with Crippen molar-refractivity contribution in [3.63, 3.8) is 0 Å². The highest BCUT2D eigenvalue weighted by Gasteiger charge is 2.30. The first kappa shape index (κ1) is 95.1. The number of esters is 4. The first-order valence-electron chi connectivity index (χ1n) is 40.5. The summed E-state index contributed by atoms with van der Waals surface area (Å²) in [5.41, 5.74) is 0. The van der Waals surface area contributed by atoms with E-state index in [1.54, 1.807) is 0 Å².